The van der Waals surface area contributed by atoms with Crippen molar-refractivity contribution in [2.24, 2.45) is 0 Å². The second-order valence-corrected chi connectivity index (χ2v) is 6.46. The van der Waals surface area contributed by atoms with Crippen LogP contribution in [0.25, 0.3) is 0 Å². The maximum atomic E-state index is 12.2. The van der Waals surface area contributed by atoms with Gasteiger partial charge >= 0.3 is 6.03 Å². The van der Waals surface area contributed by atoms with Crippen LogP contribution in [0.4, 0.5) is 4.79 Å². The number of urea groups is 1. The number of hydrogen-bond acceptors (Lipinski definition) is 2. The first-order valence-corrected chi connectivity index (χ1v) is 8.33. The van der Waals surface area contributed by atoms with Crippen LogP contribution in [0.15, 0.2) is 24.3 Å². The molecule has 1 fully saturated rings. The summed E-state index contributed by atoms with van der Waals surface area (Å²) in [5.41, 5.74) is 1.20. The number of benzene rings is 1. The van der Waals surface area contributed by atoms with E-state index in [-0.39, 0.29) is 11.9 Å². The molecule has 2 rings (SSSR count). The number of carbonyl (C=O) groups is 2. The smallest absolute Gasteiger partial charge is 0.319 e. The van der Waals surface area contributed by atoms with Crippen LogP contribution in [0.3, 0.4) is 0 Å². The molecule has 0 bridgehead atoms. The fourth-order valence-corrected chi connectivity index (χ4v) is 2.81. The summed E-state index contributed by atoms with van der Waals surface area (Å²) < 4.78 is 0. The van der Waals surface area contributed by atoms with Crippen molar-refractivity contribution < 1.29 is 9.59 Å². The largest absolute Gasteiger partial charge is 0.339 e. The fraction of sp³-hybridized carbons (Fsp3) is 0.529. The highest BCUT2D eigenvalue weighted by Crippen LogP contribution is 2.13. The van der Waals surface area contributed by atoms with Crippen molar-refractivity contribution in [3.05, 3.63) is 34.9 Å². The lowest BCUT2D eigenvalue weighted by Gasteiger charge is -2.36. The quantitative estimate of drug-likeness (QED) is 0.847. The summed E-state index contributed by atoms with van der Waals surface area (Å²) in [5, 5.41) is 0.731. The van der Waals surface area contributed by atoms with Gasteiger partial charge in [0.1, 0.15) is 0 Å². The maximum absolute atomic E-state index is 12.2. The predicted octanol–water partition coefficient (Wildman–Crippen LogP) is 2.49. The van der Waals surface area contributed by atoms with Gasteiger partial charge < -0.3 is 14.7 Å². The molecule has 6 heteroatoms. The lowest BCUT2D eigenvalue weighted by molar-refractivity contribution is -0.132. The zero-order chi connectivity index (χ0) is 16.8. The van der Waals surface area contributed by atoms with Gasteiger partial charge in [0.25, 0.3) is 0 Å². The predicted molar refractivity (Wildman–Crippen MR) is 91.6 cm³/mol. The highest BCUT2D eigenvalue weighted by molar-refractivity contribution is 6.30. The summed E-state index contributed by atoms with van der Waals surface area (Å²) >= 11 is 5.86. The molecular formula is C17H24ClN3O2. The van der Waals surface area contributed by atoms with E-state index < -0.39 is 0 Å². The molecule has 0 spiro atoms. The third kappa shape index (κ3) is 5.13. The second kappa shape index (κ2) is 8.20. The first-order valence-electron chi connectivity index (χ1n) is 7.96. The van der Waals surface area contributed by atoms with Gasteiger partial charge in [-0.1, -0.05) is 23.7 Å². The summed E-state index contributed by atoms with van der Waals surface area (Å²) in [5.74, 6) is 0.177. The molecule has 1 aromatic carbocycles. The van der Waals surface area contributed by atoms with E-state index in [1.54, 1.807) is 23.9 Å². The third-order valence-electron chi connectivity index (χ3n) is 4.05. The molecule has 1 aliphatic rings. The molecule has 3 amide bonds. The summed E-state index contributed by atoms with van der Waals surface area (Å²) in [7, 11) is 3.49. The van der Waals surface area contributed by atoms with Crippen LogP contribution in [0.2, 0.25) is 5.02 Å². The molecule has 1 heterocycles. The zero-order valence-corrected chi connectivity index (χ0v) is 14.6. The van der Waals surface area contributed by atoms with Crippen LogP contribution in [0, 0.1) is 0 Å². The number of rotatable bonds is 4. The molecule has 126 valence electrons. The third-order valence-corrected chi connectivity index (χ3v) is 4.31. The topological polar surface area (TPSA) is 43.9 Å². The number of carbonyl (C=O) groups excluding carboxylic acids is 2. The molecule has 0 saturated carbocycles. The zero-order valence-electron chi connectivity index (χ0n) is 13.8. The average molecular weight is 338 g/mol. The Morgan fingerprint density at radius 3 is 2.17 bits per heavy atom. The van der Waals surface area contributed by atoms with Gasteiger partial charge in [-0.3, -0.25) is 4.79 Å². The van der Waals surface area contributed by atoms with Gasteiger partial charge in [-0.15, -0.1) is 0 Å². The summed E-state index contributed by atoms with van der Waals surface area (Å²) in [6, 6.07) is 7.76. The lowest BCUT2D eigenvalue weighted by Crippen LogP contribution is -2.52. The Kier molecular flexibility index (Phi) is 6.28. The summed E-state index contributed by atoms with van der Waals surface area (Å²) in [6.45, 7) is 2.47. The van der Waals surface area contributed by atoms with E-state index in [9.17, 15) is 9.59 Å². The van der Waals surface area contributed by atoms with Crippen LogP contribution < -0.4 is 0 Å². The molecule has 0 atom stereocenters. The van der Waals surface area contributed by atoms with Crippen molar-refractivity contribution in [3.63, 3.8) is 0 Å². The van der Waals surface area contributed by atoms with Gasteiger partial charge in [-0.25, -0.2) is 4.79 Å². The van der Waals surface area contributed by atoms with E-state index in [1.165, 1.54) is 5.56 Å². The Morgan fingerprint density at radius 2 is 1.61 bits per heavy atom. The Morgan fingerprint density at radius 1 is 1.04 bits per heavy atom. The van der Waals surface area contributed by atoms with Crippen LogP contribution in [0.1, 0.15) is 18.4 Å². The van der Waals surface area contributed by atoms with E-state index >= 15 is 0 Å². The van der Waals surface area contributed by atoms with Gasteiger partial charge in [0.2, 0.25) is 5.91 Å². The standard InChI is InChI=1S/C17H24ClN3O2/c1-19(2)17(23)21-12-10-20(11-13-21)16(22)5-3-4-14-6-8-15(18)9-7-14/h6-9H,3-5,10-13H2,1-2H3. The molecule has 0 unspecified atom stereocenters. The molecule has 1 aliphatic heterocycles. The first-order chi connectivity index (χ1) is 11.0. The SMILES string of the molecule is CN(C)C(=O)N1CCN(C(=O)CCCc2ccc(Cl)cc2)CC1. The van der Waals surface area contributed by atoms with Crippen LogP contribution in [-0.2, 0) is 11.2 Å². The number of nitrogens with zero attached hydrogens (tertiary/aromatic N) is 3. The van der Waals surface area contributed by atoms with Gasteiger partial charge in [-0.05, 0) is 30.5 Å². The second-order valence-electron chi connectivity index (χ2n) is 6.02. The molecule has 0 N–H and O–H groups in total. The lowest BCUT2D eigenvalue weighted by atomic mass is 10.1. The van der Waals surface area contributed by atoms with Crippen molar-refractivity contribution in [2.75, 3.05) is 40.3 Å². The Balaban J connectivity index is 1.71. The van der Waals surface area contributed by atoms with Crippen molar-refractivity contribution in [3.8, 4) is 0 Å². The molecule has 5 nitrogen and oxygen atoms in total. The van der Waals surface area contributed by atoms with Crippen molar-refractivity contribution in [2.45, 2.75) is 19.3 Å². The van der Waals surface area contributed by atoms with E-state index in [0.717, 1.165) is 17.9 Å². The van der Waals surface area contributed by atoms with E-state index in [1.807, 2.05) is 29.2 Å². The number of piperazine rings is 1. The van der Waals surface area contributed by atoms with Gasteiger partial charge in [0, 0.05) is 51.7 Å². The molecular weight excluding hydrogens is 314 g/mol. The van der Waals surface area contributed by atoms with Gasteiger partial charge in [0.15, 0.2) is 0 Å². The summed E-state index contributed by atoms with van der Waals surface area (Å²) in [4.78, 5) is 29.3. The Hall–Kier alpha value is -1.75. The average Bonchev–Trinajstić information content (AvgIpc) is 2.56. The number of hydrogen-bond donors (Lipinski definition) is 0. The minimum Gasteiger partial charge on any atom is -0.339 e. The summed E-state index contributed by atoms with van der Waals surface area (Å²) in [6.07, 6.45) is 2.25. The van der Waals surface area contributed by atoms with Crippen molar-refractivity contribution in [1.82, 2.24) is 14.7 Å². The highest BCUT2D eigenvalue weighted by atomic mass is 35.5. The normalized spacial score (nSPS) is 14.7. The number of amides is 3. The van der Waals surface area contributed by atoms with Crippen molar-refractivity contribution in [1.29, 1.82) is 0 Å². The molecule has 1 aromatic rings. The fourth-order valence-electron chi connectivity index (χ4n) is 2.68. The van der Waals surface area contributed by atoms with E-state index in [2.05, 4.69) is 0 Å². The van der Waals surface area contributed by atoms with E-state index in [4.69, 9.17) is 11.6 Å². The van der Waals surface area contributed by atoms with E-state index in [0.29, 0.717) is 32.6 Å². The van der Waals surface area contributed by atoms with Crippen LogP contribution >= 0.6 is 11.6 Å². The number of halogens is 1. The maximum Gasteiger partial charge on any atom is 0.319 e. The molecule has 0 aromatic heterocycles. The molecule has 0 aliphatic carbocycles. The monoisotopic (exact) mass is 337 g/mol. The van der Waals surface area contributed by atoms with Crippen LogP contribution in [-0.4, -0.2) is 66.9 Å². The minimum absolute atomic E-state index is 0.0137. The molecule has 23 heavy (non-hydrogen) atoms. The Bertz CT molecular complexity index is 537. The first kappa shape index (κ1) is 17.6. The van der Waals surface area contributed by atoms with Crippen molar-refractivity contribution >= 4 is 23.5 Å². The van der Waals surface area contributed by atoms with Gasteiger partial charge in [-0.2, -0.15) is 0 Å². The molecule has 0 radical (unpaired) electrons. The number of aryl methyl sites for hydroxylation is 1. The van der Waals surface area contributed by atoms with Crippen LogP contribution in [0.5, 0.6) is 0 Å². The minimum atomic E-state index is 0.0137. The Labute approximate surface area is 142 Å². The highest BCUT2D eigenvalue weighted by Gasteiger charge is 2.24. The molecule has 1 saturated heterocycles. The van der Waals surface area contributed by atoms with Gasteiger partial charge in [0.05, 0.1) is 0 Å².